The van der Waals surface area contributed by atoms with Gasteiger partial charge in [0, 0.05) is 23.1 Å². The normalized spacial score (nSPS) is 15.8. The largest absolute Gasteiger partial charge is 0.463 e. The van der Waals surface area contributed by atoms with Crippen molar-refractivity contribution in [2.45, 2.75) is 137 Å². The van der Waals surface area contributed by atoms with Gasteiger partial charge in [-0.1, -0.05) is 126 Å². The molecule has 40 heavy (non-hydrogen) atoms. The van der Waals surface area contributed by atoms with Crippen LogP contribution in [0.3, 0.4) is 0 Å². The van der Waals surface area contributed by atoms with Crippen molar-refractivity contribution in [2.24, 2.45) is 0 Å². The second-order valence-corrected chi connectivity index (χ2v) is 15.8. The number of rotatable bonds is 9. The summed E-state index contributed by atoms with van der Waals surface area (Å²) in [5.41, 5.74) is 8.18. The Hall–Kier alpha value is -1.83. The average molecular weight is 567 g/mol. The fourth-order valence-corrected chi connectivity index (χ4v) is 6.19. The Morgan fingerprint density at radius 3 is 1.82 bits per heavy atom. The van der Waals surface area contributed by atoms with Gasteiger partial charge in [-0.05, 0) is 57.9 Å². The zero-order valence-corrected chi connectivity index (χ0v) is 28.2. The monoisotopic (exact) mass is 566 g/mol. The maximum atomic E-state index is 6.79. The fraction of sp³-hybridized carbons (Fsp3) is 0.611. The zero-order chi connectivity index (χ0) is 29.9. The van der Waals surface area contributed by atoms with Crippen molar-refractivity contribution < 1.29 is 13.6 Å². The molecule has 0 amide bonds. The van der Waals surface area contributed by atoms with Gasteiger partial charge in [-0.2, -0.15) is 0 Å². The standard InChI is InChI=1S/C36H55O3P/c1-13-14-15-16-17-18-19-37-40-38-32-26(21-28(34(4,5)6)23-30(32)25(2)3)20-27-22-29(35(7,8)9)24-31(33(27)39-40)36(10,11)12/h21-24H,2,13-20H2,1,3-12H3. The van der Waals surface area contributed by atoms with Crippen molar-refractivity contribution in [1.82, 2.24) is 0 Å². The molecule has 0 fully saturated rings. The van der Waals surface area contributed by atoms with Gasteiger partial charge in [0.1, 0.15) is 11.5 Å². The number of fused-ring (bicyclic) bond motifs is 2. The Balaban J connectivity index is 2.15. The lowest BCUT2D eigenvalue weighted by Gasteiger charge is -2.33. The van der Waals surface area contributed by atoms with E-state index in [2.05, 4.69) is 107 Å². The molecule has 0 spiro atoms. The fourth-order valence-electron chi connectivity index (χ4n) is 5.04. The first-order chi connectivity index (χ1) is 18.5. The van der Waals surface area contributed by atoms with Crippen LogP contribution in [-0.2, 0) is 27.2 Å². The van der Waals surface area contributed by atoms with Crippen molar-refractivity contribution in [3.8, 4) is 11.5 Å². The summed E-state index contributed by atoms with van der Waals surface area (Å²) in [4.78, 5) is 0. The topological polar surface area (TPSA) is 27.7 Å². The number of hydrogen-bond acceptors (Lipinski definition) is 3. The summed E-state index contributed by atoms with van der Waals surface area (Å²) in [6.45, 7) is 29.7. The van der Waals surface area contributed by atoms with Crippen LogP contribution in [0.25, 0.3) is 5.57 Å². The van der Waals surface area contributed by atoms with E-state index in [4.69, 9.17) is 13.6 Å². The van der Waals surface area contributed by atoms with Gasteiger partial charge in [0.15, 0.2) is 0 Å². The van der Waals surface area contributed by atoms with E-state index in [1.807, 2.05) is 0 Å². The Bertz CT molecular complexity index is 1170. The minimum Gasteiger partial charge on any atom is -0.417 e. The summed E-state index contributed by atoms with van der Waals surface area (Å²) in [6.07, 6.45) is 8.04. The molecule has 1 atom stereocenters. The van der Waals surface area contributed by atoms with E-state index in [1.54, 1.807) is 0 Å². The lowest BCUT2D eigenvalue weighted by molar-refractivity contribution is 0.254. The van der Waals surface area contributed by atoms with Gasteiger partial charge in [0.05, 0.1) is 6.61 Å². The van der Waals surface area contributed by atoms with Gasteiger partial charge in [0.2, 0.25) is 0 Å². The molecule has 1 aliphatic rings. The molecule has 0 N–H and O–H groups in total. The van der Waals surface area contributed by atoms with Gasteiger partial charge < -0.3 is 9.05 Å². The van der Waals surface area contributed by atoms with Crippen LogP contribution < -0.4 is 9.05 Å². The smallest absolute Gasteiger partial charge is 0.417 e. The zero-order valence-electron chi connectivity index (χ0n) is 27.3. The van der Waals surface area contributed by atoms with Crippen LogP contribution in [0.15, 0.2) is 30.8 Å². The molecule has 3 nitrogen and oxygen atoms in total. The van der Waals surface area contributed by atoms with Gasteiger partial charge in [-0.15, -0.1) is 0 Å². The first-order valence-corrected chi connectivity index (χ1v) is 16.4. The molecule has 0 aromatic heterocycles. The second-order valence-electron chi connectivity index (χ2n) is 14.7. The maximum absolute atomic E-state index is 6.79. The highest BCUT2D eigenvalue weighted by atomic mass is 31.2. The van der Waals surface area contributed by atoms with E-state index in [0.29, 0.717) is 6.61 Å². The van der Waals surface area contributed by atoms with E-state index in [0.717, 1.165) is 35.5 Å². The van der Waals surface area contributed by atoms with Gasteiger partial charge in [-0.3, -0.25) is 4.52 Å². The summed E-state index contributed by atoms with van der Waals surface area (Å²) in [7, 11) is -1.64. The quantitative estimate of drug-likeness (QED) is 0.223. The summed E-state index contributed by atoms with van der Waals surface area (Å²) in [5.74, 6) is 1.79. The molecular weight excluding hydrogens is 511 g/mol. The predicted octanol–water partition coefficient (Wildman–Crippen LogP) is 11.6. The highest BCUT2D eigenvalue weighted by Gasteiger charge is 2.33. The summed E-state index contributed by atoms with van der Waals surface area (Å²) < 4.78 is 19.9. The molecule has 0 bridgehead atoms. The molecule has 2 aromatic rings. The van der Waals surface area contributed by atoms with E-state index >= 15 is 0 Å². The molecule has 0 saturated carbocycles. The minimum absolute atomic E-state index is 0.00374. The SMILES string of the molecule is C=C(C)c1cc(C(C)(C)C)cc2c1OP(OCCCCCCCC)Oc1c(cc(C(C)(C)C)cc1C(C)(C)C)C2. The van der Waals surface area contributed by atoms with Crippen molar-refractivity contribution in [1.29, 1.82) is 0 Å². The third kappa shape index (κ3) is 8.36. The summed E-state index contributed by atoms with van der Waals surface area (Å²) in [5, 5.41) is 0. The first kappa shape index (κ1) is 32.7. The minimum atomic E-state index is -1.64. The first-order valence-electron chi connectivity index (χ1n) is 15.3. The molecule has 0 saturated heterocycles. The molecule has 0 aliphatic carbocycles. The summed E-state index contributed by atoms with van der Waals surface area (Å²) >= 11 is 0. The van der Waals surface area contributed by atoms with E-state index < -0.39 is 8.60 Å². The van der Waals surface area contributed by atoms with Crippen molar-refractivity contribution in [3.05, 3.63) is 64.2 Å². The maximum Gasteiger partial charge on any atom is 0.463 e. The third-order valence-corrected chi connectivity index (χ3v) is 8.80. The number of hydrogen-bond donors (Lipinski definition) is 0. The van der Waals surface area contributed by atoms with Crippen LogP contribution in [0.4, 0.5) is 0 Å². The molecular formula is C36H55O3P. The second kappa shape index (κ2) is 13.0. The highest BCUT2D eigenvalue weighted by Crippen LogP contribution is 2.52. The van der Waals surface area contributed by atoms with Crippen LogP contribution in [0.2, 0.25) is 0 Å². The number of unbranched alkanes of at least 4 members (excludes halogenated alkanes) is 5. The van der Waals surface area contributed by atoms with Crippen molar-refractivity contribution >= 4 is 14.2 Å². The van der Waals surface area contributed by atoms with Crippen LogP contribution in [-0.4, -0.2) is 6.61 Å². The van der Waals surface area contributed by atoms with Crippen molar-refractivity contribution in [2.75, 3.05) is 6.61 Å². The summed E-state index contributed by atoms with van der Waals surface area (Å²) in [6, 6.07) is 9.27. The number of allylic oxidation sites excluding steroid dienone is 1. The predicted molar refractivity (Wildman–Crippen MR) is 174 cm³/mol. The Labute approximate surface area is 247 Å². The lowest BCUT2D eigenvalue weighted by atomic mass is 9.78. The highest BCUT2D eigenvalue weighted by molar-refractivity contribution is 7.42. The molecule has 1 heterocycles. The molecule has 4 heteroatoms. The van der Waals surface area contributed by atoms with Gasteiger partial charge >= 0.3 is 8.60 Å². The molecule has 1 unspecified atom stereocenters. The van der Waals surface area contributed by atoms with Crippen LogP contribution in [0.1, 0.15) is 148 Å². The lowest BCUT2D eigenvalue weighted by Crippen LogP contribution is -2.20. The average Bonchev–Trinajstić information content (AvgIpc) is 2.81. The van der Waals surface area contributed by atoms with E-state index in [1.165, 1.54) is 59.9 Å². The van der Waals surface area contributed by atoms with Crippen molar-refractivity contribution in [3.63, 3.8) is 0 Å². The molecule has 2 aromatic carbocycles. The molecule has 3 rings (SSSR count). The van der Waals surface area contributed by atoms with Crippen LogP contribution in [0.5, 0.6) is 11.5 Å². The Morgan fingerprint density at radius 1 is 0.750 bits per heavy atom. The molecule has 222 valence electrons. The van der Waals surface area contributed by atoms with Crippen LogP contribution in [0, 0.1) is 0 Å². The molecule has 1 aliphatic heterocycles. The van der Waals surface area contributed by atoms with Crippen LogP contribution >= 0.6 is 8.60 Å². The molecule has 0 radical (unpaired) electrons. The Morgan fingerprint density at radius 2 is 1.27 bits per heavy atom. The van der Waals surface area contributed by atoms with Gasteiger partial charge in [-0.25, -0.2) is 0 Å². The van der Waals surface area contributed by atoms with Gasteiger partial charge in [0.25, 0.3) is 0 Å². The van der Waals surface area contributed by atoms with E-state index in [-0.39, 0.29) is 16.2 Å². The Kier molecular flexibility index (Phi) is 10.6. The third-order valence-electron chi connectivity index (χ3n) is 7.74. The van der Waals surface area contributed by atoms with E-state index in [9.17, 15) is 0 Å². The number of benzene rings is 2.